The average molecular weight is 266 g/mol. The summed E-state index contributed by atoms with van der Waals surface area (Å²) < 4.78 is 33.8. The van der Waals surface area contributed by atoms with E-state index in [0.717, 1.165) is 6.07 Å². The lowest BCUT2D eigenvalue weighted by atomic mass is 10.0. The Morgan fingerprint density at radius 1 is 1.37 bits per heavy atom. The lowest BCUT2D eigenvalue weighted by Gasteiger charge is -2.04. The van der Waals surface area contributed by atoms with Crippen molar-refractivity contribution in [3.05, 3.63) is 46.7 Å². The number of halogens is 2. The van der Waals surface area contributed by atoms with Crippen molar-refractivity contribution in [2.24, 2.45) is 7.05 Å². The molecule has 0 N–H and O–H groups in total. The van der Waals surface area contributed by atoms with E-state index in [0.29, 0.717) is 5.88 Å². The minimum atomic E-state index is -0.905. The molecular formula is C13H12F2N2O2. The van der Waals surface area contributed by atoms with Crippen molar-refractivity contribution in [1.29, 1.82) is 0 Å². The van der Waals surface area contributed by atoms with Crippen LogP contribution in [0.5, 0.6) is 5.88 Å². The number of benzene rings is 1. The van der Waals surface area contributed by atoms with Gasteiger partial charge >= 0.3 is 0 Å². The molecule has 0 spiro atoms. The van der Waals surface area contributed by atoms with Crippen molar-refractivity contribution < 1.29 is 18.3 Å². The summed E-state index contributed by atoms with van der Waals surface area (Å²) in [5.74, 6) is -2.25. The monoisotopic (exact) mass is 266 g/mol. The molecule has 0 atom stereocenters. The van der Waals surface area contributed by atoms with Crippen molar-refractivity contribution in [2.45, 2.75) is 6.92 Å². The van der Waals surface area contributed by atoms with E-state index < -0.39 is 23.0 Å². The first-order valence-electron chi connectivity index (χ1n) is 5.53. The van der Waals surface area contributed by atoms with Crippen LogP contribution in [0, 0.1) is 18.6 Å². The molecule has 100 valence electrons. The van der Waals surface area contributed by atoms with E-state index >= 15 is 0 Å². The van der Waals surface area contributed by atoms with E-state index in [1.165, 1.54) is 30.8 Å². The van der Waals surface area contributed by atoms with Crippen LogP contribution in [0.3, 0.4) is 0 Å². The summed E-state index contributed by atoms with van der Waals surface area (Å²) in [6.07, 6.45) is 0. The molecule has 1 aromatic heterocycles. The van der Waals surface area contributed by atoms with Crippen LogP contribution >= 0.6 is 0 Å². The lowest BCUT2D eigenvalue weighted by Crippen LogP contribution is -2.10. The van der Waals surface area contributed by atoms with E-state index in [4.69, 9.17) is 4.74 Å². The molecule has 2 aromatic rings. The fourth-order valence-corrected chi connectivity index (χ4v) is 1.74. The molecule has 1 heterocycles. The fraction of sp³-hybridized carbons (Fsp3) is 0.231. The summed E-state index contributed by atoms with van der Waals surface area (Å²) in [7, 11) is 2.98. The summed E-state index contributed by atoms with van der Waals surface area (Å²) in [5, 5.41) is 3.88. The van der Waals surface area contributed by atoms with Gasteiger partial charge in [-0.2, -0.15) is 5.10 Å². The molecule has 2 rings (SSSR count). The zero-order valence-corrected chi connectivity index (χ0v) is 10.7. The highest BCUT2D eigenvalue weighted by atomic mass is 19.1. The molecule has 6 heteroatoms. The number of carbonyl (C=O) groups is 1. The Labute approximate surface area is 108 Å². The Bertz CT molecular complexity index is 650. The van der Waals surface area contributed by atoms with Crippen molar-refractivity contribution in [1.82, 2.24) is 9.78 Å². The molecule has 0 aliphatic rings. The molecule has 0 saturated carbocycles. The van der Waals surface area contributed by atoms with Gasteiger partial charge in [0.2, 0.25) is 11.7 Å². The first-order chi connectivity index (χ1) is 8.95. The molecule has 0 bridgehead atoms. The SMILES string of the molecule is COc1cc(C(=O)c2c(F)ccc(C)c2F)nn1C. The number of methoxy groups -OCH3 is 1. The zero-order valence-electron chi connectivity index (χ0n) is 10.7. The number of ketones is 1. The van der Waals surface area contributed by atoms with Crippen molar-refractivity contribution in [3.8, 4) is 5.88 Å². The summed E-state index contributed by atoms with van der Waals surface area (Å²) in [6, 6.07) is 3.68. The van der Waals surface area contributed by atoms with Gasteiger partial charge in [-0.15, -0.1) is 0 Å². The van der Waals surface area contributed by atoms with Gasteiger partial charge in [0.15, 0.2) is 0 Å². The maximum Gasteiger partial charge on any atom is 0.219 e. The second kappa shape index (κ2) is 4.79. The smallest absolute Gasteiger partial charge is 0.219 e. The third-order valence-corrected chi connectivity index (χ3v) is 2.79. The summed E-state index contributed by atoms with van der Waals surface area (Å²) in [6.45, 7) is 1.46. The Balaban J connectivity index is 2.53. The Hall–Kier alpha value is -2.24. The fourth-order valence-electron chi connectivity index (χ4n) is 1.74. The zero-order chi connectivity index (χ0) is 14.2. The highest BCUT2D eigenvalue weighted by Crippen LogP contribution is 2.21. The number of hydrogen-bond donors (Lipinski definition) is 0. The number of rotatable bonds is 3. The van der Waals surface area contributed by atoms with Gasteiger partial charge in [0.25, 0.3) is 0 Å². The number of carbonyl (C=O) groups excluding carboxylic acids is 1. The number of hydrogen-bond acceptors (Lipinski definition) is 3. The van der Waals surface area contributed by atoms with Crippen LogP contribution in [-0.2, 0) is 7.05 Å². The summed E-state index contributed by atoms with van der Waals surface area (Å²) in [5.41, 5.74) is -0.462. The van der Waals surface area contributed by atoms with E-state index in [1.807, 2.05) is 0 Å². The van der Waals surface area contributed by atoms with Crippen LogP contribution in [0.4, 0.5) is 8.78 Å². The molecule has 0 aliphatic heterocycles. The van der Waals surface area contributed by atoms with Crippen molar-refractivity contribution in [2.75, 3.05) is 7.11 Å². The Kier molecular flexibility index (Phi) is 3.33. The second-order valence-corrected chi connectivity index (χ2v) is 4.08. The third kappa shape index (κ3) is 2.21. The van der Waals surface area contributed by atoms with Crippen molar-refractivity contribution in [3.63, 3.8) is 0 Å². The highest BCUT2D eigenvalue weighted by molar-refractivity contribution is 6.08. The van der Waals surface area contributed by atoms with Gasteiger partial charge in [0.05, 0.1) is 12.7 Å². The molecule has 1 aromatic carbocycles. The van der Waals surface area contributed by atoms with Crippen LogP contribution < -0.4 is 4.74 Å². The maximum atomic E-state index is 13.9. The van der Waals surface area contributed by atoms with E-state index in [9.17, 15) is 13.6 Å². The van der Waals surface area contributed by atoms with Gasteiger partial charge in [-0.25, -0.2) is 13.5 Å². The lowest BCUT2D eigenvalue weighted by molar-refractivity contribution is 0.102. The van der Waals surface area contributed by atoms with Gasteiger partial charge in [-0.05, 0) is 18.6 Å². The second-order valence-electron chi connectivity index (χ2n) is 4.08. The van der Waals surface area contributed by atoms with E-state index in [2.05, 4.69) is 5.10 Å². The summed E-state index contributed by atoms with van der Waals surface area (Å²) >= 11 is 0. The van der Waals surface area contributed by atoms with Gasteiger partial charge in [-0.3, -0.25) is 4.79 Å². The predicted molar refractivity (Wildman–Crippen MR) is 64.3 cm³/mol. The van der Waals surface area contributed by atoms with Gasteiger partial charge < -0.3 is 4.74 Å². The third-order valence-electron chi connectivity index (χ3n) is 2.79. The molecule has 0 amide bonds. The molecule has 0 fully saturated rings. The Morgan fingerprint density at radius 3 is 2.63 bits per heavy atom. The van der Waals surface area contributed by atoms with Crippen LogP contribution in [0.1, 0.15) is 21.6 Å². The molecular weight excluding hydrogens is 254 g/mol. The molecule has 19 heavy (non-hydrogen) atoms. The van der Waals surface area contributed by atoms with E-state index in [1.54, 1.807) is 7.05 Å². The van der Waals surface area contributed by atoms with Crippen LogP contribution in [0.25, 0.3) is 0 Å². The summed E-state index contributed by atoms with van der Waals surface area (Å²) in [4.78, 5) is 12.1. The number of aromatic nitrogens is 2. The maximum absolute atomic E-state index is 13.9. The molecule has 4 nitrogen and oxygen atoms in total. The van der Waals surface area contributed by atoms with Gasteiger partial charge in [-0.1, -0.05) is 6.07 Å². The standard InChI is InChI=1S/C13H12F2N2O2/c1-7-4-5-8(14)11(12(7)15)13(18)9-6-10(19-3)17(2)16-9/h4-6H,1-3H3. The topological polar surface area (TPSA) is 44.1 Å². The number of ether oxygens (including phenoxy) is 1. The van der Waals surface area contributed by atoms with E-state index in [-0.39, 0.29) is 11.3 Å². The quantitative estimate of drug-likeness (QED) is 0.800. The number of nitrogens with zero attached hydrogens (tertiary/aromatic N) is 2. The Morgan fingerprint density at radius 2 is 2.05 bits per heavy atom. The molecule has 0 unspecified atom stereocenters. The minimum absolute atomic E-state index is 0.0669. The first kappa shape index (κ1) is 13.2. The molecule has 0 radical (unpaired) electrons. The highest BCUT2D eigenvalue weighted by Gasteiger charge is 2.23. The average Bonchev–Trinajstić information content (AvgIpc) is 2.75. The largest absolute Gasteiger partial charge is 0.481 e. The number of aryl methyl sites for hydroxylation is 2. The van der Waals surface area contributed by atoms with Gasteiger partial charge in [0, 0.05) is 13.1 Å². The first-order valence-corrected chi connectivity index (χ1v) is 5.53. The van der Waals surface area contributed by atoms with Crippen LogP contribution in [-0.4, -0.2) is 22.7 Å². The minimum Gasteiger partial charge on any atom is -0.481 e. The van der Waals surface area contributed by atoms with Gasteiger partial charge in [0.1, 0.15) is 17.3 Å². The van der Waals surface area contributed by atoms with Crippen LogP contribution in [0.15, 0.2) is 18.2 Å². The molecule has 0 aliphatic carbocycles. The normalized spacial score (nSPS) is 10.6. The van der Waals surface area contributed by atoms with Crippen LogP contribution in [0.2, 0.25) is 0 Å². The predicted octanol–water partition coefficient (Wildman–Crippen LogP) is 2.25. The molecule has 0 saturated heterocycles. The van der Waals surface area contributed by atoms with Crippen molar-refractivity contribution >= 4 is 5.78 Å².